The van der Waals surface area contributed by atoms with Crippen LogP contribution in [0.5, 0.6) is 0 Å². The van der Waals surface area contributed by atoms with Crippen molar-refractivity contribution in [3.8, 4) is 0 Å². The molecule has 0 amide bonds. The summed E-state index contributed by atoms with van der Waals surface area (Å²) in [6.45, 7) is 2.05. The van der Waals surface area contributed by atoms with Gasteiger partial charge < -0.3 is 0 Å². The Hall–Kier alpha value is -3.81. The van der Waals surface area contributed by atoms with E-state index in [1.807, 2.05) is 72.8 Å². The van der Waals surface area contributed by atoms with Gasteiger partial charge in [-0.1, -0.05) is 0 Å². The molecule has 174 valence electrons. The normalized spacial score (nSPS) is 11.2. The molecule has 4 aromatic rings. The zero-order chi connectivity index (χ0) is 24.5. The summed E-state index contributed by atoms with van der Waals surface area (Å²) in [5.74, 6) is -0.552. The van der Waals surface area contributed by atoms with Crippen molar-refractivity contribution in [3.05, 3.63) is 139 Å². The Morgan fingerprint density at radius 1 is 0.629 bits per heavy atom. The van der Waals surface area contributed by atoms with Crippen molar-refractivity contribution in [2.75, 3.05) is 6.61 Å². The molecule has 0 fully saturated rings. The van der Waals surface area contributed by atoms with Crippen molar-refractivity contribution in [1.29, 1.82) is 0 Å². The number of carbonyl (C=O) groups excluding carboxylic acids is 2. The summed E-state index contributed by atoms with van der Waals surface area (Å²) in [4.78, 5) is 26.7. The minimum absolute atomic E-state index is 0.157. The number of esters is 1. The van der Waals surface area contributed by atoms with E-state index in [1.54, 1.807) is 25.1 Å². The van der Waals surface area contributed by atoms with Gasteiger partial charge in [0.25, 0.3) is 0 Å². The molecule has 0 saturated carbocycles. The van der Waals surface area contributed by atoms with Gasteiger partial charge in [0.2, 0.25) is 0 Å². The standard InChI is InChI=1S/C31H27AsO3/c1-2-35-31(34)29(23-24-30(33)25-15-7-3-8-16-25)32(26-17-9-4-10-18-26,27-19-11-5-12-20-27)28-21-13-6-14-22-28/h3-24H,2H2,1H3/b24-23+. The Morgan fingerprint density at radius 3 is 1.43 bits per heavy atom. The van der Waals surface area contributed by atoms with Gasteiger partial charge >= 0.3 is 209 Å². The van der Waals surface area contributed by atoms with Crippen LogP contribution in [0.4, 0.5) is 0 Å². The summed E-state index contributed by atoms with van der Waals surface area (Å²) in [6.07, 6.45) is 3.21. The number of ether oxygens (including phenoxy) is 1. The molecule has 0 aliphatic heterocycles. The van der Waals surface area contributed by atoms with Crippen molar-refractivity contribution in [1.82, 2.24) is 0 Å². The molecule has 4 rings (SSSR count). The van der Waals surface area contributed by atoms with Gasteiger partial charge in [-0.25, -0.2) is 0 Å². The van der Waals surface area contributed by atoms with Crippen LogP contribution in [0.3, 0.4) is 0 Å². The van der Waals surface area contributed by atoms with E-state index in [2.05, 4.69) is 36.4 Å². The second-order valence-corrected chi connectivity index (χ2v) is 14.9. The molecule has 0 atom stereocenters. The van der Waals surface area contributed by atoms with Gasteiger partial charge in [0.1, 0.15) is 0 Å². The first-order valence-corrected chi connectivity index (χ1v) is 15.3. The second-order valence-electron chi connectivity index (χ2n) is 7.85. The Morgan fingerprint density at radius 2 is 1.03 bits per heavy atom. The van der Waals surface area contributed by atoms with E-state index in [0.29, 0.717) is 9.87 Å². The average Bonchev–Trinajstić information content (AvgIpc) is 2.93. The minimum atomic E-state index is -3.62. The zero-order valence-electron chi connectivity index (χ0n) is 19.6. The first-order chi connectivity index (χ1) is 17.2. The van der Waals surface area contributed by atoms with Gasteiger partial charge in [-0.05, 0) is 0 Å². The number of benzene rings is 4. The third kappa shape index (κ3) is 5.16. The van der Waals surface area contributed by atoms with Gasteiger partial charge in [-0.15, -0.1) is 0 Å². The molecule has 35 heavy (non-hydrogen) atoms. The number of hydrogen-bond acceptors (Lipinski definition) is 3. The van der Waals surface area contributed by atoms with E-state index >= 15 is 0 Å². The molecule has 0 unspecified atom stereocenters. The first kappa shape index (κ1) is 24.3. The Bertz CT molecular complexity index is 1260. The summed E-state index contributed by atoms with van der Waals surface area (Å²) in [5, 5.41) is 0. The van der Waals surface area contributed by atoms with Crippen LogP contribution in [0, 0.1) is 0 Å². The molecule has 3 nitrogen and oxygen atoms in total. The van der Waals surface area contributed by atoms with Gasteiger partial charge in [-0.3, -0.25) is 0 Å². The molecule has 0 aliphatic carbocycles. The fourth-order valence-electron chi connectivity index (χ4n) is 4.19. The van der Waals surface area contributed by atoms with Crippen molar-refractivity contribution in [2.24, 2.45) is 0 Å². The first-order valence-electron chi connectivity index (χ1n) is 11.6. The number of carbonyl (C=O) groups is 2. The zero-order valence-corrected chi connectivity index (χ0v) is 21.5. The molecule has 0 aromatic heterocycles. The third-order valence-electron chi connectivity index (χ3n) is 5.73. The summed E-state index contributed by atoms with van der Waals surface area (Å²) in [5.41, 5.74) is 0.572. The van der Waals surface area contributed by atoms with E-state index in [-0.39, 0.29) is 12.4 Å². The van der Waals surface area contributed by atoms with Crippen LogP contribution in [0.15, 0.2) is 133 Å². The van der Waals surface area contributed by atoms with Crippen molar-refractivity contribution < 1.29 is 14.3 Å². The molecule has 0 heterocycles. The van der Waals surface area contributed by atoms with E-state index in [0.717, 1.165) is 13.1 Å². The molecule has 0 radical (unpaired) electrons. The fourth-order valence-corrected chi connectivity index (χ4v) is 13.1. The summed E-state index contributed by atoms with van der Waals surface area (Å²) in [6, 6.07) is 39.5. The molecule has 4 aromatic carbocycles. The topological polar surface area (TPSA) is 43.4 Å². The van der Waals surface area contributed by atoms with E-state index in [4.69, 9.17) is 4.74 Å². The van der Waals surface area contributed by atoms with Gasteiger partial charge in [-0.2, -0.15) is 0 Å². The molecule has 0 bridgehead atoms. The van der Waals surface area contributed by atoms with Gasteiger partial charge in [0.15, 0.2) is 0 Å². The van der Waals surface area contributed by atoms with Crippen LogP contribution in [0.2, 0.25) is 0 Å². The number of hydrogen-bond donors (Lipinski definition) is 0. The summed E-state index contributed by atoms with van der Waals surface area (Å²) in [7, 11) is 0. The van der Waals surface area contributed by atoms with Crippen molar-refractivity contribution in [2.45, 2.75) is 6.92 Å². The van der Waals surface area contributed by atoms with Crippen LogP contribution in [0.25, 0.3) is 0 Å². The fraction of sp³-hybridized carbons (Fsp3) is 0.0645. The van der Waals surface area contributed by atoms with Crippen molar-refractivity contribution in [3.63, 3.8) is 0 Å². The van der Waals surface area contributed by atoms with E-state index in [1.165, 1.54) is 6.08 Å². The SMILES string of the molecule is CCOC(=O)C(/C=C/C(=O)c1ccccc1)=[As](c1ccccc1)(c1ccccc1)c1ccccc1. The van der Waals surface area contributed by atoms with Crippen LogP contribution < -0.4 is 13.1 Å². The van der Waals surface area contributed by atoms with E-state index < -0.39 is 19.1 Å². The van der Waals surface area contributed by atoms with Crippen LogP contribution in [0.1, 0.15) is 17.3 Å². The second kappa shape index (κ2) is 11.6. The van der Waals surface area contributed by atoms with Crippen LogP contribution in [-0.4, -0.2) is 35.8 Å². The Balaban J connectivity index is 2.12. The monoisotopic (exact) mass is 522 g/mol. The van der Waals surface area contributed by atoms with Crippen LogP contribution >= 0.6 is 0 Å². The van der Waals surface area contributed by atoms with Gasteiger partial charge in [0.05, 0.1) is 0 Å². The summed E-state index contributed by atoms with van der Waals surface area (Å²) >= 11 is -3.62. The number of allylic oxidation sites excluding steroid dienone is 1. The van der Waals surface area contributed by atoms with E-state index in [9.17, 15) is 9.59 Å². The van der Waals surface area contributed by atoms with Crippen LogP contribution in [-0.2, 0) is 9.53 Å². The molecule has 0 saturated heterocycles. The molecular formula is C31H27AsO3. The third-order valence-corrected chi connectivity index (χ3v) is 14.7. The maximum atomic E-state index is 13.7. The number of ketones is 1. The predicted molar refractivity (Wildman–Crippen MR) is 146 cm³/mol. The maximum absolute atomic E-state index is 13.7. The predicted octanol–water partition coefficient (Wildman–Crippen LogP) is 3.91. The number of rotatable bonds is 8. The Kier molecular flexibility index (Phi) is 8.02. The molecule has 0 spiro atoms. The molecule has 4 heteroatoms. The molecule has 0 N–H and O–H groups in total. The average molecular weight is 522 g/mol. The molecular weight excluding hydrogens is 495 g/mol. The quantitative estimate of drug-likeness (QED) is 0.153. The summed E-state index contributed by atoms with van der Waals surface area (Å²) < 4.78 is 9.37. The molecule has 0 aliphatic rings. The van der Waals surface area contributed by atoms with Gasteiger partial charge in [0, 0.05) is 0 Å². The Labute approximate surface area is 208 Å². The van der Waals surface area contributed by atoms with Crippen molar-refractivity contribution >= 4 is 42.2 Å².